The molecule has 41 heavy (non-hydrogen) atoms. The van der Waals surface area contributed by atoms with E-state index >= 15 is 0 Å². The Morgan fingerprint density at radius 3 is 2.41 bits per heavy atom. The fraction of sp³-hybridized carbons (Fsp3) is 0.222. The van der Waals surface area contributed by atoms with Gasteiger partial charge in [-0.05, 0) is 24.3 Å². The number of carbonyl (C=O) groups is 2. The van der Waals surface area contributed by atoms with Gasteiger partial charge in [-0.2, -0.15) is 0 Å². The smallest absolute Gasteiger partial charge is 0.270 e. The molecule has 0 saturated carbocycles. The quantitative estimate of drug-likeness (QED) is 0.132. The van der Waals surface area contributed by atoms with Crippen LogP contribution in [-0.2, 0) is 9.53 Å². The third kappa shape index (κ3) is 5.14. The van der Waals surface area contributed by atoms with Crippen molar-refractivity contribution in [1.29, 1.82) is 0 Å². The molecular weight excluding hydrogens is 542 g/mol. The Morgan fingerprint density at radius 2 is 1.76 bits per heavy atom. The standard InChI is InChI=1S/C27H23N3O11/c1-30-17-8-13(4-6-27(38)11-39-12-27)2-3-18(17)40-10-16(26(30)37)29-25(36)15-9-14(5-7-28-15)41-24-22(34)20(32)19(31)21(33)23(24)35/h2-3,5,7-9,16,31-35,38H,10-12H2,1H3,(H,29,36). The van der Waals surface area contributed by atoms with Crippen molar-refractivity contribution in [3.05, 3.63) is 47.8 Å². The van der Waals surface area contributed by atoms with Gasteiger partial charge in [-0.1, -0.05) is 11.8 Å². The lowest BCUT2D eigenvalue weighted by molar-refractivity contribution is -0.140. The number of fused-ring (bicyclic) bond motifs is 1. The van der Waals surface area contributed by atoms with E-state index < -0.39 is 58.0 Å². The molecule has 2 aromatic carbocycles. The predicted octanol–water partition coefficient (Wildman–Crippen LogP) is 0.668. The van der Waals surface area contributed by atoms with Gasteiger partial charge in [0.1, 0.15) is 29.8 Å². The third-order valence-corrected chi connectivity index (χ3v) is 6.29. The molecule has 3 aromatic rings. The molecule has 5 rings (SSSR count). The van der Waals surface area contributed by atoms with Gasteiger partial charge in [0.05, 0.1) is 18.9 Å². The summed E-state index contributed by atoms with van der Waals surface area (Å²) in [5.41, 5.74) is -0.487. The lowest BCUT2D eigenvalue weighted by Gasteiger charge is -2.30. The number of pyridine rings is 1. The van der Waals surface area contributed by atoms with Gasteiger partial charge in [0.25, 0.3) is 11.8 Å². The summed E-state index contributed by atoms with van der Waals surface area (Å²) in [6, 6.07) is 6.16. The van der Waals surface area contributed by atoms with Crippen LogP contribution in [0, 0.1) is 11.8 Å². The van der Waals surface area contributed by atoms with E-state index in [1.165, 1.54) is 24.2 Å². The number of phenolic OH excluding ortho intramolecular Hbond substituents is 5. The van der Waals surface area contributed by atoms with Gasteiger partial charge < -0.3 is 55.1 Å². The van der Waals surface area contributed by atoms with Crippen LogP contribution in [0.4, 0.5) is 5.69 Å². The first-order valence-electron chi connectivity index (χ1n) is 12.0. The van der Waals surface area contributed by atoms with Crippen LogP contribution in [0.15, 0.2) is 36.5 Å². The molecule has 2 aliphatic heterocycles. The summed E-state index contributed by atoms with van der Waals surface area (Å²) in [5.74, 6) is -1.80. The summed E-state index contributed by atoms with van der Waals surface area (Å²) >= 11 is 0. The molecule has 2 aliphatic rings. The topological polar surface area (TPSA) is 211 Å². The van der Waals surface area contributed by atoms with E-state index in [4.69, 9.17) is 14.2 Å². The number of amides is 2. The molecule has 0 aliphatic carbocycles. The highest BCUT2D eigenvalue weighted by molar-refractivity contribution is 6.03. The maximum Gasteiger partial charge on any atom is 0.270 e. The largest absolute Gasteiger partial charge is 0.502 e. The molecular formula is C27H23N3O11. The Balaban J connectivity index is 1.31. The van der Waals surface area contributed by atoms with Gasteiger partial charge in [-0.25, -0.2) is 0 Å². The van der Waals surface area contributed by atoms with Gasteiger partial charge in [0.2, 0.25) is 34.5 Å². The van der Waals surface area contributed by atoms with E-state index in [1.54, 1.807) is 18.2 Å². The lowest BCUT2D eigenvalue weighted by atomic mass is 10.0. The number of carbonyl (C=O) groups excluding carboxylic acids is 2. The van der Waals surface area contributed by atoms with Crippen molar-refractivity contribution in [3.63, 3.8) is 0 Å². The second kappa shape index (κ2) is 10.3. The van der Waals surface area contributed by atoms with Crippen molar-refractivity contribution in [2.75, 3.05) is 31.8 Å². The molecule has 1 unspecified atom stereocenters. The maximum atomic E-state index is 13.2. The number of phenols is 5. The average Bonchev–Trinajstić information content (AvgIpc) is 3.07. The fourth-order valence-electron chi connectivity index (χ4n) is 3.94. The molecule has 0 bridgehead atoms. The molecule has 14 nitrogen and oxygen atoms in total. The van der Waals surface area contributed by atoms with Gasteiger partial charge in [0.15, 0.2) is 5.60 Å². The average molecular weight is 565 g/mol. The first-order valence-corrected chi connectivity index (χ1v) is 12.0. The van der Waals surface area contributed by atoms with E-state index in [9.17, 15) is 40.2 Å². The van der Waals surface area contributed by atoms with Crippen LogP contribution < -0.4 is 19.7 Å². The van der Waals surface area contributed by atoms with Crippen LogP contribution in [-0.4, -0.2) is 85.9 Å². The predicted molar refractivity (Wildman–Crippen MR) is 138 cm³/mol. The lowest BCUT2D eigenvalue weighted by Crippen LogP contribution is -2.49. The molecule has 0 radical (unpaired) electrons. The highest BCUT2D eigenvalue weighted by Gasteiger charge is 2.34. The van der Waals surface area contributed by atoms with Crippen molar-refractivity contribution >= 4 is 17.5 Å². The number of nitrogens with one attached hydrogen (secondary N) is 1. The molecule has 1 fully saturated rings. The zero-order valence-corrected chi connectivity index (χ0v) is 21.3. The number of aliphatic hydroxyl groups is 1. The fourth-order valence-corrected chi connectivity index (χ4v) is 3.94. The molecule has 1 atom stereocenters. The molecule has 3 heterocycles. The number of aromatic nitrogens is 1. The summed E-state index contributed by atoms with van der Waals surface area (Å²) in [5, 5.41) is 61.7. The van der Waals surface area contributed by atoms with E-state index in [2.05, 4.69) is 22.1 Å². The number of likely N-dealkylation sites (N-methyl/N-ethyl adjacent to an activating group) is 1. The van der Waals surface area contributed by atoms with Crippen molar-refractivity contribution < 1.29 is 54.4 Å². The van der Waals surface area contributed by atoms with Crippen LogP contribution in [0.1, 0.15) is 16.1 Å². The van der Waals surface area contributed by atoms with Crippen LogP contribution >= 0.6 is 0 Å². The highest BCUT2D eigenvalue weighted by Crippen LogP contribution is 2.56. The Bertz CT molecular complexity index is 1600. The number of ether oxygens (including phenoxy) is 3. The molecule has 14 heteroatoms. The van der Waals surface area contributed by atoms with E-state index in [0.717, 1.165) is 6.07 Å². The zero-order chi connectivity index (χ0) is 29.5. The number of anilines is 1. The van der Waals surface area contributed by atoms with Gasteiger partial charge in [0, 0.05) is 24.9 Å². The first-order chi connectivity index (χ1) is 19.5. The Hall–Kier alpha value is -5.39. The Labute approximate surface area is 231 Å². The minimum Gasteiger partial charge on any atom is -0.502 e. The maximum absolute atomic E-state index is 13.2. The van der Waals surface area contributed by atoms with E-state index in [-0.39, 0.29) is 31.3 Å². The number of nitrogens with zero attached hydrogens (tertiary/aromatic N) is 2. The minimum atomic E-state index is -1.20. The van der Waals surface area contributed by atoms with Gasteiger partial charge in [-0.15, -0.1) is 0 Å². The Kier molecular flexibility index (Phi) is 6.83. The number of rotatable bonds is 4. The molecule has 1 aromatic heterocycles. The second-order valence-electron chi connectivity index (χ2n) is 9.24. The minimum absolute atomic E-state index is 0.118. The summed E-state index contributed by atoms with van der Waals surface area (Å²) in [6.07, 6.45) is 1.17. The monoisotopic (exact) mass is 565 g/mol. The second-order valence-corrected chi connectivity index (χ2v) is 9.24. The van der Waals surface area contributed by atoms with E-state index in [1.807, 2.05) is 0 Å². The molecule has 7 N–H and O–H groups in total. The number of hydrogen-bond donors (Lipinski definition) is 7. The number of aromatic hydroxyl groups is 5. The first kappa shape index (κ1) is 27.2. The van der Waals surface area contributed by atoms with E-state index in [0.29, 0.717) is 17.0 Å². The van der Waals surface area contributed by atoms with Crippen molar-refractivity contribution in [1.82, 2.24) is 10.3 Å². The number of hydrogen-bond acceptors (Lipinski definition) is 12. The van der Waals surface area contributed by atoms with Crippen molar-refractivity contribution in [2.24, 2.45) is 0 Å². The molecule has 0 spiro atoms. The van der Waals surface area contributed by atoms with Crippen LogP contribution in [0.5, 0.6) is 46.0 Å². The zero-order valence-electron chi connectivity index (χ0n) is 21.3. The molecule has 1 saturated heterocycles. The highest BCUT2D eigenvalue weighted by atomic mass is 16.5. The van der Waals surface area contributed by atoms with Crippen molar-refractivity contribution in [2.45, 2.75) is 11.6 Å². The summed E-state index contributed by atoms with van der Waals surface area (Å²) in [7, 11) is 1.51. The van der Waals surface area contributed by atoms with Crippen LogP contribution in [0.25, 0.3) is 0 Å². The van der Waals surface area contributed by atoms with Crippen LogP contribution in [0.2, 0.25) is 0 Å². The summed E-state index contributed by atoms with van der Waals surface area (Å²) < 4.78 is 16.1. The third-order valence-electron chi connectivity index (χ3n) is 6.29. The number of benzene rings is 2. The summed E-state index contributed by atoms with van der Waals surface area (Å²) in [4.78, 5) is 31.4. The van der Waals surface area contributed by atoms with Gasteiger partial charge in [-0.3, -0.25) is 14.6 Å². The molecule has 2 amide bonds. The van der Waals surface area contributed by atoms with Crippen LogP contribution in [0.3, 0.4) is 0 Å². The normalized spacial score (nSPS) is 17.2. The summed E-state index contributed by atoms with van der Waals surface area (Å²) in [6.45, 7) is 0.0350. The van der Waals surface area contributed by atoms with Gasteiger partial charge >= 0.3 is 0 Å². The Morgan fingerprint density at radius 1 is 1.07 bits per heavy atom. The van der Waals surface area contributed by atoms with Crippen molar-refractivity contribution in [3.8, 4) is 57.8 Å². The SMILES string of the molecule is CN1C(=O)C(NC(=O)c2cc(Oc3c(O)c(O)c(O)c(O)c3O)ccn2)COc2ccc(C#CC3(O)COC3)cc21. The molecule has 212 valence electrons.